The van der Waals surface area contributed by atoms with Crippen LogP contribution in [0.5, 0.6) is 0 Å². The van der Waals surface area contributed by atoms with Crippen molar-refractivity contribution in [2.45, 2.75) is 65.8 Å². The minimum absolute atomic E-state index is 0.376. The highest BCUT2D eigenvalue weighted by molar-refractivity contribution is 5.09. The number of nitrogens with two attached hydrogens (primary N) is 1. The Morgan fingerprint density at radius 3 is 2.70 bits per heavy atom. The van der Waals surface area contributed by atoms with Crippen LogP contribution in [-0.4, -0.2) is 21.5 Å². The van der Waals surface area contributed by atoms with Crippen molar-refractivity contribution in [1.82, 2.24) is 15.0 Å². The summed E-state index contributed by atoms with van der Waals surface area (Å²) in [6.45, 7) is 11.0. The zero-order valence-corrected chi connectivity index (χ0v) is 13.5. The standard InChI is InChI=1S/C16H30N4/c1-5-8-20-15(11-18-19-20)14-9-13(16(2,3)4)7-6-12(14)10-17/h11-14H,5-10,17H2,1-4H3. The lowest BCUT2D eigenvalue weighted by molar-refractivity contribution is 0.129. The molecule has 0 spiro atoms. The normalized spacial score (nSPS) is 27.8. The lowest BCUT2D eigenvalue weighted by Crippen LogP contribution is -2.34. The Balaban J connectivity index is 2.22. The molecule has 0 radical (unpaired) electrons. The van der Waals surface area contributed by atoms with Crippen LogP contribution in [0.3, 0.4) is 0 Å². The fraction of sp³-hybridized carbons (Fsp3) is 0.875. The van der Waals surface area contributed by atoms with E-state index in [1.165, 1.54) is 25.0 Å². The minimum Gasteiger partial charge on any atom is -0.330 e. The van der Waals surface area contributed by atoms with Crippen LogP contribution in [0.1, 0.15) is 65.0 Å². The fourth-order valence-electron chi connectivity index (χ4n) is 3.60. The molecule has 20 heavy (non-hydrogen) atoms. The Bertz CT molecular complexity index is 418. The molecule has 1 aromatic heterocycles. The molecule has 4 heteroatoms. The van der Waals surface area contributed by atoms with Crippen LogP contribution in [0.25, 0.3) is 0 Å². The highest BCUT2D eigenvalue weighted by Crippen LogP contribution is 2.46. The molecule has 3 unspecified atom stereocenters. The summed E-state index contributed by atoms with van der Waals surface area (Å²) in [5.74, 6) is 1.88. The average molecular weight is 278 g/mol. The van der Waals surface area contributed by atoms with Gasteiger partial charge in [-0.1, -0.05) is 32.9 Å². The number of nitrogens with zero attached hydrogens (tertiary/aromatic N) is 3. The highest BCUT2D eigenvalue weighted by atomic mass is 15.4. The van der Waals surface area contributed by atoms with Gasteiger partial charge in [0.1, 0.15) is 0 Å². The van der Waals surface area contributed by atoms with E-state index in [0.717, 1.165) is 25.4 Å². The largest absolute Gasteiger partial charge is 0.330 e. The van der Waals surface area contributed by atoms with Crippen LogP contribution in [0, 0.1) is 17.3 Å². The zero-order chi connectivity index (χ0) is 14.8. The van der Waals surface area contributed by atoms with Gasteiger partial charge in [-0.2, -0.15) is 0 Å². The minimum atomic E-state index is 0.376. The summed E-state index contributed by atoms with van der Waals surface area (Å²) < 4.78 is 2.10. The third-order valence-electron chi connectivity index (χ3n) is 4.98. The number of aryl methyl sites for hydroxylation is 1. The maximum Gasteiger partial charge on any atom is 0.0728 e. The molecule has 114 valence electrons. The smallest absolute Gasteiger partial charge is 0.0728 e. The quantitative estimate of drug-likeness (QED) is 0.920. The lowest BCUT2D eigenvalue weighted by atomic mass is 9.65. The van der Waals surface area contributed by atoms with Gasteiger partial charge in [0, 0.05) is 12.5 Å². The van der Waals surface area contributed by atoms with Crippen molar-refractivity contribution in [3.63, 3.8) is 0 Å². The van der Waals surface area contributed by atoms with Crippen molar-refractivity contribution in [3.8, 4) is 0 Å². The van der Waals surface area contributed by atoms with Crippen LogP contribution in [0.2, 0.25) is 0 Å². The van der Waals surface area contributed by atoms with Crippen LogP contribution < -0.4 is 5.73 Å². The molecule has 1 saturated carbocycles. The summed E-state index contributed by atoms with van der Waals surface area (Å²) in [6, 6.07) is 0. The molecule has 0 bridgehead atoms. The summed E-state index contributed by atoms with van der Waals surface area (Å²) >= 11 is 0. The molecule has 3 atom stereocenters. The van der Waals surface area contributed by atoms with Crippen molar-refractivity contribution >= 4 is 0 Å². The van der Waals surface area contributed by atoms with E-state index >= 15 is 0 Å². The van der Waals surface area contributed by atoms with Gasteiger partial charge in [0.05, 0.1) is 11.9 Å². The molecule has 0 amide bonds. The van der Waals surface area contributed by atoms with E-state index in [4.69, 9.17) is 5.73 Å². The van der Waals surface area contributed by atoms with Gasteiger partial charge in [-0.15, -0.1) is 5.10 Å². The van der Waals surface area contributed by atoms with Crippen LogP contribution in [-0.2, 0) is 6.54 Å². The van der Waals surface area contributed by atoms with E-state index in [1.54, 1.807) is 0 Å². The average Bonchev–Trinajstić information content (AvgIpc) is 2.85. The first kappa shape index (κ1) is 15.5. The Kier molecular flexibility index (Phi) is 4.84. The predicted molar refractivity (Wildman–Crippen MR) is 82.4 cm³/mol. The van der Waals surface area contributed by atoms with Gasteiger partial charge in [0.25, 0.3) is 0 Å². The second-order valence-electron chi connectivity index (χ2n) is 7.36. The molecule has 0 saturated heterocycles. The Hall–Kier alpha value is -0.900. The monoisotopic (exact) mass is 278 g/mol. The van der Waals surface area contributed by atoms with Gasteiger partial charge < -0.3 is 5.73 Å². The van der Waals surface area contributed by atoms with Crippen LogP contribution in [0.4, 0.5) is 0 Å². The van der Waals surface area contributed by atoms with E-state index < -0.39 is 0 Å². The van der Waals surface area contributed by atoms with Crippen LogP contribution >= 0.6 is 0 Å². The summed E-state index contributed by atoms with van der Waals surface area (Å²) in [7, 11) is 0. The zero-order valence-electron chi connectivity index (χ0n) is 13.5. The number of hydrogen-bond donors (Lipinski definition) is 1. The third-order valence-corrected chi connectivity index (χ3v) is 4.98. The molecule has 1 aliphatic carbocycles. The molecule has 4 nitrogen and oxygen atoms in total. The van der Waals surface area contributed by atoms with Gasteiger partial charge in [-0.25, -0.2) is 4.68 Å². The van der Waals surface area contributed by atoms with Gasteiger partial charge in [-0.3, -0.25) is 0 Å². The van der Waals surface area contributed by atoms with Crippen molar-refractivity contribution in [1.29, 1.82) is 0 Å². The third kappa shape index (κ3) is 3.22. The fourth-order valence-corrected chi connectivity index (χ4v) is 3.60. The van der Waals surface area contributed by atoms with Crippen LogP contribution in [0.15, 0.2) is 6.20 Å². The maximum atomic E-state index is 6.03. The summed E-state index contributed by atoms with van der Waals surface area (Å²) in [6.07, 6.45) is 6.83. The van der Waals surface area contributed by atoms with Gasteiger partial charge in [0.2, 0.25) is 0 Å². The molecule has 0 aliphatic heterocycles. The Morgan fingerprint density at radius 1 is 1.35 bits per heavy atom. The molecule has 1 aromatic rings. The van der Waals surface area contributed by atoms with Crippen molar-refractivity contribution in [3.05, 3.63) is 11.9 Å². The first-order chi connectivity index (χ1) is 9.47. The maximum absolute atomic E-state index is 6.03. The van der Waals surface area contributed by atoms with E-state index in [0.29, 0.717) is 17.3 Å². The van der Waals surface area contributed by atoms with E-state index in [9.17, 15) is 0 Å². The summed E-state index contributed by atoms with van der Waals surface area (Å²) in [5.41, 5.74) is 7.71. The number of aromatic nitrogens is 3. The Labute approximate surface area is 123 Å². The van der Waals surface area contributed by atoms with Gasteiger partial charge >= 0.3 is 0 Å². The highest BCUT2D eigenvalue weighted by Gasteiger charge is 2.37. The first-order valence-corrected chi connectivity index (χ1v) is 8.05. The second kappa shape index (κ2) is 6.25. The molecule has 1 aliphatic rings. The predicted octanol–water partition coefficient (Wildman–Crippen LogP) is 3.19. The molecule has 1 heterocycles. The van der Waals surface area contributed by atoms with E-state index in [2.05, 4.69) is 42.7 Å². The molecule has 1 fully saturated rings. The molecule has 2 rings (SSSR count). The molecule has 2 N–H and O–H groups in total. The van der Waals surface area contributed by atoms with Gasteiger partial charge in [0.15, 0.2) is 0 Å². The topological polar surface area (TPSA) is 56.7 Å². The SMILES string of the molecule is CCCn1nncc1C1CC(C(C)(C)C)CCC1CN. The van der Waals surface area contributed by atoms with Crippen molar-refractivity contribution < 1.29 is 0 Å². The summed E-state index contributed by atoms with van der Waals surface area (Å²) in [5, 5.41) is 8.41. The molecular formula is C16H30N4. The van der Waals surface area contributed by atoms with E-state index in [1.807, 2.05) is 6.20 Å². The van der Waals surface area contributed by atoms with Crippen molar-refractivity contribution in [2.75, 3.05) is 6.54 Å². The second-order valence-corrected chi connectivity index (χ2v) is 7.36. The van der Waals surface area contributed by atoms with E-state index in [-0.39, 0.29) is 0 Å². The first-order valence-electron chi connectivity index (χ1n) is 8.05. The Morgan fingerprint density at radius 2 is 2.10 bits per heavy atom. The molecular weight excluding hydrogens is 248 g/mol. The summed E-state index contributed by atoms with van der Waals surface area (Å²) in [4.78, 5) is 0. The lowest BCUT2D eigenvalue weighted by Gasteiger charge is -2.41. The number of rotatable bonds is 4. The van der Waals surface area contributed by atoms with Gasteiger partial charge in [-0.05, 0) is 49.5 Å². The molecule has 0 aromatic carbocycles. The number of hydrogen-bond acceptors (Lipinski definition) is 3. The van der Waals surface area contributed by atoms with Crippen molar-refractivity contribution in [2.24, 2.45) is 23.0 Å².